The Balaban J connectivity index is 1.19. The molecule has 5 aliphatic rings. The van der Waals surface area contributed by atoms with Crippen molar-refractivity contribution < 1.29 is 9.53 Å². The van der Waals surface area contributed by atoms with E-state index < -0.39 is 0 Å². The number of allylic oxidation sites excluding steroid dienone is 2. The summed E-state index contributed by atoms with van der Waals surface area (Å²) < 4.78 is 6.10. The zero-order valence-corrected chi connectivity index (χ0v) is 18.6. The van der Waals surface area contributed by atoms with E-state index in [-0.39, 0.29) is 11.6 Å². The van der Waals surface area contributed by atoms with E-state index >= 15 is 0 Å². The molecule has 160 valence electrons. The van der Waals surface area contributed by atoms with Gasteiger partial charge in [-0.2, -0.15) is 0 Å². The van der Waals surface area contributed by atoms with E-state index in [1.165, 1.54) is 56.9 Å². The van der Waals surface area contributed by atoms with Crippen molar-refractivity contribution >= 4 is 5.97 Å². The summed E-state index contributed by atoms with van der Waals surface area (Å²) in [5.74, 6) is 6.32. The van der Waals surface area contributed by atoms with Crippen LogP contribution < -0.4 is 0 Å². The molecule has 0 aromatic heterocycles. The van der Waals surface area contributed by atoms with E-state index in [1.807, 2.05) is 6.07 Å². The van der Waals surface area contributed by atoms with Gasteiger partial charge in [0, 0.05) is 0 Å². The highest BCUT2D eigenvalue weighted by Gasteiger charge is 2.61. The minimum absolute atomic E-state index is 0.128. The summed E-state index contributed by atoms with van der Waals surface area (Å²) in [7, 11) is 0. The van der Waals surface area contributed by atoms with Crippen LogP contribution in [0.4, 0.5) is 0 Å². The minimum Gasteiger partial charge on any atom is -0.456 e. The average molecular weight is 405 g/mol. The van der Waals surface area contributed by atoms with Crippen molar-refractivity contribution in [1.29, 1.82) is 0 Å². The van der Waals surface area contributed by atoms with Crippen molar-refractivity contribution in [2.75, 3.05) is 0 Å². The Labute approximate surface area is 181 Å². The molecular weight excluding hydrogens is 368 g/mol. The van der Waals surface area contributed by atoms with Gasteiger partial charge in [-0.25, -0.2) is 4.79 Å². The van der Waals surface area contributed by atoms with E-state index in [2.05, 4.69) is 44.2 Å². The normalized spacial score (nSPS) is 39.5. The lowest BCUT2D eigenvalue weighted by Crippen LogP contribution is -2.38. The Morgan fingerprint density at radius 1 is 0.967 bits per heavy atom. The molecule has 0 heterocycles. The van der Waals surface area contributed by atoms with Crippen LogP contribution in [0.3, 0.4) is 0 Å². The lowest BCUT2D eigenvalue weighted by atomic mass is 9.68. The van der Waals surface area contributed by atoms with Crippen LogP contribution in [0.15, 0.2) is 36.4 Å². The third-order valence-electron chi connectivity index (χ3n) is 9.76. The Bertz CT molecular complexity index is 861. The van der Waals surface area contributed by atoms with Crippen LogP contribution in [0.25, 0.3) is 0 Å². The molecule has 0 saturated heterocycles. The lowest BCUT2D eigenvalue weighted by molar-refractivity contribution is -0.0384. The van der Waals surface area contributed by atoms with Crippen molar-refractivity contribution in [3.05, 3.63) is 47.5 Å². The summed E-state index contributed by atoms with van der Waals surface area (Å²) in [6.07, 6.45) is 15.4. The topological polar surface area (TPSA) is 26.3 Å². The highest BCUT2D eigenvalue weighted by Crippen LogP contribution is 2.68. The maximum absolute atomic E-state index is 13.1. The molecule has 7 unspecified atom stereocenters. The van der Waals surface area contributed by atoms with Gasteiger partial charge in [-0.05, 0) is 111 Å². The van der Waals surface area contributed by atoms with Crippen LogP contribution in [0, 0.1) is 41.4 Å². The monoisotopic (exact) mass is 404 g/mol. The molecule has 0 amide bonds. The molecule has 4 saturated carbocycles. The molecule has 0 N–H and O–H groups in total. The molecule has 30 heavy (non-hydrogen) atoms. The number of hydrogen-bond donors (Lipinski definition) is 0. The minimum atomic E-state index is -0.372. The zero-order chi connectivity index (χ0) is 20.5. The molecule has 2 heteroatoms. The predicted octanol–water partition coefficient (Wildman–Crippen LogP) is 6.76. The number of carbonyl (C=O) groups is 1. The van der Waals surface area contributed by atoms with Gasteiger partial charge in [-0.3, -0.25) is 0 Å². The van der Waals surface area contributed by atoms with E-state index in [9.17, 15) is 4.79 Å². The first-order valence-corrected chi connectivity index (χ1v) is 12.5. The van der Waals surface area contributed by atoms with E-state index in [0.29, 0.717) is 11.8 Å². The number of ether oxygens (including phenoxy) is 1. The molecule has 0 aliphatic heterocycles. The fourth-order valence-corrected chi connectivity index (χ4v) is 8.47. The lowest BCUT2D eigenvalue weighted by Gasteiger charge is -2.37. The standard InChI is InChI=1S/C28H36O2/c1-28(2,22-9-4-3-5-10-22)30-27(29)20-8-6-7-17(13-20)23-15-21-16-24(23)26-19-12-11-18(14-19)25(21)26/h6-8,11-13,18-19,21-26H,3-5,9-10,14-16H2,1-2H3. The van der Waals surface area contributed by atoms with Crippen molar-refractivity contribution in [1.82, 2.24) is 0 Å². The van der Waals surface area contributed by atoms with Gasteiger partial charge in [0.15, 0.2) is 0 Å². The average Bonchev–Trinajstić information content (AvgIpc) is 3.53. The van der Waals surface area contributed by atoms with Crippen LogP contribution in [-0.4, -0.2) is 11.6 Å². The molecule has 0 radical (unpaired) electrons. The van der Waals surface area contributed by atoms with Crippen molar-refractivity contribution in [2.45, 2.75) is 76.7 Å². The molecular formula is C28H36O2. The molecule has 4 fully saturated rings. The van der Waals surface area contributed by atoms with Gasteiger partial charge in [0.1, 0.15) is 5.60 Å². The molecule has 2 nitrogen and oxygen atoms in total. The van der Waals surface area contributed by atoms with Crippen molar-refractivity contribution in [3.8, 4) is 0 Å². The third-order valence-corrected chi connectivity index (χ3v) is 9.76. The Morgan fingerprint density at radius 3 is 2.53 bits per heavy atom. The summed E-state index contributed by atoms with van der Waals surface area (Å²) in [6, 6.07) is 8.48. The van der Waals surface area contributed by atoms with Gasteiger partial charge >= 0.3 is 5.97 Å². The van der Waals surface area contributed by atoms with Gasteiger partial charge < -0.3 is 4.74 Å². The first kappa shape index (κ1) is 19.1. The maximum atomic E-state index is 13.1. The SMILES string of the molecule is CC(C)(OC(=O)c1cccc(C2CC3CC2C2C4C=CC(C4)C32)c1)C1CCCCC1. The van der Waals surface area contributed by atoms with Gasteiger partial charge in [-0.1, -0.05) is 43.5 Å². The van der Waals surface area contributed by atoms with Crippen LogP contribution in [0.1, 0.15) is 87.1 Å². The highest BCUT2D eigenvalue weighted by atomic mass is 16.6. The number of rotatable bonds is 4. The highest BCUT2D eigenvalue weighted by molar-refractivity contribution is 5.90. The molecule has 5 aliphatic carbocycles. The predicted molar refractivity (Wildman–Crippen MR) is 119 cm³/mol. The van der Waals surface area contributed by atoms with E-state index in [4.69, 9.17) is 4.74 Å². The zero-order valence-electron chi connectivity index (χ0n) is 18.6. The molecule has 0 spiro atoms. The number of carbonyl (C=O) groups excluding carboxylic acids is 1. The van der Waals surface area contributed by atoms with Gasteiger partial charge in [0.05, 0.1) is 5.56 Å². The maximum Gasteiger partial charge on any atom is 0.338 e. The second-order valence-corrected chi connectivity index (χ2v) is 11.6. The Hall–Kier alpha value is -1.57. The first-order chi connectivity index (χ1) is 14.5. The van der Waals surface area contributed by atoms with Crippen molar-refractivity contribution in [2.24, 2.45) is 41.4 Å². The van der Waals surface area contributed by atoms with Crippen LogP contribution in [0.2, 0.25) is 0 Å². The van der Waals surface area contributed by atoms with E-state index in [1.54, 1.807) is 0 Å². The van der Waals surface area contributed by atoms with Gasteiger partial charge in [0.25, 0.3) is 0 Å². The molecule has 1 aromatic carbocycles. The summed E-state index contributed by atoms with van der Waals surface area (Å²) in [4.78, 5) is 13.1. The second-order valence-electron chi connectivity index (χ2n) is 11.6. The summed E-state index contributed by atoms with van der Waals surface area (Å²) >= 11 is 0. The summed E-state index contributed by atoms with van der Waals surface area (Å²) in [5.41, 5.74) is 1.77. The van der Waals surface area contributed by atoms with Crippen LogP contribution in [-0.2, 0) is 4.74 Å². The molecule has 7 atom stereocenters. The summed E-state index contributed by atoms with van der Waals surface area (Å²) in [6.45, 7) is 4.23. The number of hydrogen-bond acceptors (Lipinski definition) is 2. The largest absolute Gasteiger partial charge is 0.456 e. The number of fused-ring (bicyclic) bond motifs is 9. The third kappa shape index (κ3) is 2.93. The molecule has 6 rings (SSSR count). The smallest absolute Gasteiger partial charge is 0.338 e. The summed E-state index contributed by atoms with van der Waals surface area (Å²) in [5, 5.41) is 0. The second kappa shape index (κ2) is 6.97. The van der Waals surface area contributed by atoms with Crippen LogP contribution >= 0.6 is 0 Å². The fraction of sp³-hybridized carbons (Fsp3) is 0.679. The molecule has 1 aromatic rings. The number of benzene rings is 1. The first-order valence-electron chi connectivity index (χ1n) is 12.5. The van der Waals surface area contributed by atoms with Crippen molar-refractivity contribution in [3.63, 3.8) is 0 Å². The van der Waals surface area contributed by atoms with Gasteiger partial charge in [0.2, 0.25) is 0 Å². The van der Waals surface area contributed by atoms with E-state index in [0.717, 1.165) is 41.1 Å². The molecule has 4 bridgehead atoms. The van der Waals surface area contributed by atoms with Crippen LogP contribution in [0.5, 0.6) is 0 Å². The number of esters is 1. The van der Waals surface area contributed by atoms with Gasteiger partial charge in [-0.15, -0.1) is 0 Å². The fourth-order valence-electron chi connectivity index (χ4n) is 8.47. The quantitative estimate of drug-likeness (QED) is 0.315. The Kier molecular flexibility index (Phi) is 4.45. The Morgan fingerprint density at radius 2 is 1.73 bits per heavy atom.